The molecule has 0 aliphatic heterocycles. The number of rotatable bonds is 3. The van der Waals surface area contributed by atoms with Gasteiger partial charge in [0.05, 0.1) is 24.7 Å². The van der Waals surface area contributed by atoms with Gasteiger partial charge in [0.2, 0.25) is 0 Å². The van der Waals surface area contributed by atoms with Crippen molar-refractivity contribution in [2.45, 2.75) is 6.42 Å². The molecule has 0 atom stereocenters. The third kappa shape index (κ3) is 2.84. The van der Waals surface area contributed by atoms with Crippen molar-refractivity contribution in [3.8, 4) is 0 Å². The van der Waals surface area contributed by atoms with Crippen LogP contribution >= 0.6 is 11.3 Å². The summed E-state index contributed by atoms with van der Waals surface area (Å²) in [5.74, 6) is -0.235. The number of hydrogen-bond acceptors (Lipinski definition) is 4. The zero-order valence-corrected chi connectivity index (χ0v) is 7.50. The molecule has 4 heteroatoms. The normalized spacial score (nSPS) is 10.4. The van der Waals surface area contributed by atoms with E-state index >= 15 is 0 Å². The van der Waals surface area contributed by atoms with Gasteiger partial charge in [0.15, 0.2) is 0 Å². The monoisotopic (exact) mass is 183 g/mol. The number of carbonyl (C=O) groups excluding carboxylic acids is 1. The first-order valence-electron chi connectivity index (χ1n) is 3.44. The van der Waals surface area contributed by atoms with Crippen molar-refractivity contribution in [3.63, 3.8) is 0 Å². The van der Waals surface area contributed by atoms with Gasteiger partial charge in [-0.1, -0.05) is 6.08 Å². The fourth-order valence-corrected chi connectivity index (χ4v) is 1.19. The second kappa shape index (κ2) is 4.66. The summed E-state index contributed by atoms with van der Waals surface area (Å²) in [6.07, 6.45) is 3.84. The summed E-state index contributed by atoms with van der Waals surface area (Å²) in [5, 5.41) is 1.91. The minimum absolute atomic E-state index is 0.235. The maximum atomic E-state index is 10.6. The lowest BCUT2D eigenvalue weighted by Gasteiger charge is -1.90. The van der Waals surface area contributed by atoms with Gasteiger partial charge in [0, 0.05) is 5.38 Å². The Hall–Kier alpha value is -1.16. The number of thiazole rings is 1. The van der Waals surface area contributed by atoms with Crippen molar-refractivity contribution >= 4 is 23.4 Å². The molecule has 1 aromatic heterocycles. The predicted octanol–water partition coefficient (Wildman–Crippen LogP) is 1.72. The van der Waals surface area contributed by atoms with Crippen LogP contribution in [0.2, 0.25) is 0 Å². The van der Waals surface area contributed by atoms with Gasteiger partial charge in [-0.3, -0.25) is 4.79 Å². The lowest BCUT2D eigenvalue weighted by Crippen LogP contribution is -1.96. The summed E-state index contributed by atoms with van der Waals surface area (Å²) in [6, 6.07) is 0. The van der Waals surface area contributed by atoms with Gasteiger partial charge in [0.1, 0.15) is 0 Å². The number of nitrogens with zero attached hydrogens (tertiary/aromatic N) is 1. The van der Waals surface area contributed by atoms with Gasteiger partial charge in [-0.2, -0.15) is 0 Å². The molecule has 0 fully saturated rings. The number of hydrogen-bond donors (Lipinski definition) is 0. The lowest BCUT2D eigenvalue weighted by atomic mass is 10.3. The molecular weight excluding hydrogens is 174 g/mol. The van der Waals surface area contributed by atoms with Crippen LogP contribution in [0.1, 0.15) is 12.1 Å². The number of methoxy groups -OCH3 is 1. The van der Waals surface area contributed by atoms with Crippen LogP contribution in [0.4, 0.5) is 0 Å². The highest BCUT2D eigenvalue weighted by Crippen LogP contribution is 2.03. The molecule has 3 nitrogen and oxygen atoms in total. The molecule has 0 aliphatic rings. The summed E-state index contributed by atoms with van der Waals surface area (Å²) >= 11 is 1.53. The molecule has 0 saturated heterocycles. The highest BCUT2D eigenvalue weighted by molar-refractivity contribution is 7.07. The first-order valence-corrected chi connectivity index (χ1v) is 4.39. The average Bonchev–Trinajstić information content (AvgIpc) is 2.57. The largest absolute Gasteiger partial charge is 0.469 e. The molecule has 0 spiro atoms. The van der Waals surface area contributed by atoms with Crippen LogP contribution in [0.3, 0.4) is 0 Å². The van der Waals surface area contributed by atoms with Gasteiger partial charge in [-0.15, -0.1) is 11.3 Å². The molecular formula is C8H9NO2S. The lowest BCUT2D eigenvalue weighted by molar-refractivity contribution is -0.139. The maximum Gasteiger partial charge on any atom is 0.309 e. The number of carbonyl (C=O) groups is 1. The maximum absolute atomic E-state index is 10.6. The molecule has 0 amide bonds. The molecule has 0 N–H and O–H groups in total. The minimum atomic E-state index is -0.235. The molecule has 0 saturated carbocycles. The fraction of sp³-hybridized carbons (Fsp3) is 0.250. The Morgan fingerprint density at radius 1 is 1.83 bits per heavy atom. The van der Waals surface area contributed by atoms with Crippen molar-refractivity contribution in [1.82, 2.24) is 4.98 Å². The van der Waals surface area contributed by atoms with Gasteiger partial charge >= 0.3 is 5.97 Å². The zero-order valence-electron chi connectivity index (χ0n) is 6.69. The molecule has 1 rings (SSSR count). The predicted molar refractivity (Wildman–Crippen MR) is 47.8 cm³/mol. The Morgan fingerprint density at radius 2 is 2.67 bits per heavy atom. The Kier molecular flexibility index (Phi) is 3.47. The van der Waals surface area contributed by atoms with E-state index in [1.54, 1.807) is 17.7 Å². The molecule has 0 unspecified atom stereocenters. The fourth-order valence-electron chi connectivity index (χ4n) is 0.663. The summed E-state index contributed by atoms with van der Waals surface area (Å²) in [7, 11) is 1.37. The van der Waals surface area contributed by atoms with Crippen LogP contribution in [0, 0.1) is 0 Å². The summed E-state index contributed by atoms with van der Waals surface area (Å²) < 4.78 is 4.46. The average molecular weight is 183 g/mol. The first-order chi connectivity index (χ1) is 5.83. The first kappa shape index (κ1) is 8.93. The van der Waals surface area contributed by atoms with Crippen LogP contribution in [0.15, 0.2) is 17.0 Å². The van der Waals surface area contributed by atoms with Crippen molar-refractivity contribution in [1.29, 1.82) is 0 Å². The van der Waals surface area contributed by atoms with E-state index in [1.807, 2.05) is 5.38 Å². The highest BCUT2D eigenvalue weighted by Gasteiger charge is 1.94. The van der Waals surface area contributed by atoms with Crippen molar-refractivity contribution in [2.24, 2.45) is 0 Å². The Bertz CT molecular complexity index is 267. The van der Waals surface area contributed by atoms with Crippen LogP contribution in [0.25, 0.3) is 6.08 Å². The van der Waals surface area contributed by atoms with Gasteiger partial charge in [0.25, 0.3) is 0 Å². The molecule has 12 heavy (non-hydrogen) atoms. The summed E-state index contributed by atoms with van der Waals surface area (Å²) in [6.45, 7) is 0. The Balaban J connectivity index is 2.37. The smallest absolute Gasteiger partial charge is 0.309 e. The quantitative estimate of drug-likeness (QED) is 0.670. The van der Waals surface area contributed by atoms with E-state index in [0.29, 0.717) is 6.42 Å². The number of esters is 1. The van der Waals surface area contributed by atoms with E-state index in [9.17, 15) is 4.79 Å². The second-order valence-electron chi connectivity index (χ2n) is 2.10. The number of ether oxygens (including phenoxy) is 1. The minimum Gasteiger partial charge on any atom is -0.469 e. The molecule has 0 aliphatic carbocycles. The van der Waals surface area contributed by atoms with E-state index in [0.717, 1.165) is 5.69 Å². The zero-order chi connectivity index (χ0) is 8.81. The van der Waals surface area contributed by atoms with E-state index < -0.39 is 0 Å². The van der Waals surface area contributed by atoms with Gasteiger partial charge in [-0.05, 0) is 6.08 Å². The third-order valence-electron chi connectivity index (χ3n) is 1.25. The van der Waals surface area contributed by atoms with E-state index in [-0.39, 0.29) is 5.97 Å². The third-order valence-corrected chi connectivity index (χ3v) is 1.86. The Morgan fingerprint density at radius 3 is 3.25 bits per heavy atom. The van der Waals surface area contributed by atoms with Crippen LogP contribution in [0.5, 0.6) is 0 Å². The Labute approximate surface area is 74.7 Å². The van der Waals surface area contributed by atoms with Crippen molar-refractivity contribution in [3.05, 3.63) is 22.7 Å². The second-order valence-corrected chi connectivity index (χ2v) is 2.81. The highest BCUT2D eigenvalue weighted by atomic mass is 32.1. The van der Waals surface area contributed by atoms with Crippen LogP contribution in [-0.4, -0.2) is 18.1 Å². The van der Waals surface area contributed by atoms with E-state index in [2.05, 4.69) is 9.72 Å². The SMILES string of the molecule is COC(=O)CC=Cc1cscn1. The molecule has 0 radical (unpaired) electrons. The standard InChI is InChI=1S/C8H9NO2S/c1-11-8(10)4-2-3-7-5-12-6-9-7/h2-3,5-6H,4H2,1H3. The van der Waals surface area contributed by atoms with Crippen molar-refractivity contribution < 1.29 is 9.53 Å². The molecule has 64 valence electrons. The number of aromatic nitrogens is 1. The van der Waals surface area contributed by atoms with Crippen LogP contribution < -0.4 is 0 Å². The van der Waals surface area contributed by atoms with Gasteiger partial charge in [-0.25, -0.2) is 4.98 Å². The van der Waals surface area contributed by atoms with E-state index in [4.69, 9.17) is 0 Å². The summed E-state index contributed by atoms with van der Waals surface area (Å²) in [4.78, 5) is 14.7. The van der Waals surface area contributed by atoms with Gasteiger partial charge < -0.3 is 4.74 Å². The molecule has 0 aromatic carbocycles. The molecule has 1 aromatic rings. The molecule has 1 heterocycles. The summed E-state index contributed by atoms with van der Waals surface area (Å²) in [5.41, 5.74) is 2.63. The molecule has 0 bridgehead atoms. The van der Waals surface area contributed by atoms with E-state index in [1.165, 1.54) is 18.4 Å². The van der Waals surface area contributed by atoms with Crippen molar-refractivity contribution in [2.75, 3.05) is 7.11 Å². The topological polar surface area (TPSA) is 39.2 Å². The van der Waals surface area contributed by atoms with Crippen LogP contribution in [-0.2, 0) is 9.53 Å².